The molecule has 0 N–H and O–H groups in total. The van der Waals surface area contributed by atoms with Gasteiger partial charge in [-0.05, 0) is 72.3 Å². The maximum atomic E-state index is 6.06. The summed E-state index contributed by atoms with van der Waals surface area (Å²) in [6.45, 7) is 5.61. The van der Waals surface area contributed by atoms with Crippen LogP contribution in [0.4, 0.5) is 0 Å². The van der Waals surface area contributed by atoms with Crippen molar-refractivity contribution >= 4 is 11.3 Å². The predicted octanol–water partition coefficient (Wildman–Crippen LogP) is 3.73. The van der Waals surface area contributed by atoms with Gasteiger partial charge in [0.15, 0.2) is 0 Å². The van der Waals surface area contributed by atoms with Gasteiger partial charge in [-0.2, -0.15) is 11.3 Å². The summed E-state index contributed by atoms with van der Waals surface area (Å²) in [6.07, 6.45) is 5.68. The van der Waals surface area contributed by atoms with Crippen molar-refractivity contribution in [3.63, 3.8) is 0 Å². The second-order valence-electron chi connectivity index (χ2n) is 7.38. The Balaban J connectivity index is 1.20. The maximum Gasteiger partial charge on any atom is 0.0889 e. The molecule has 134 valence electrons. The highest BCUT2D eigenvalue weighted by Crippen LogP contribution is 2.42. The second-order valence-corrected chi connectivity index (χ2v) is 8.16. The van der Waals surface area contributed by atoms with E-state index in [2.05, 4.69) is 26.7 Å². The molecule has 1 atom stereocenters. The van der Waals surface area contributed by atoms with Crippen LogP contribution < -0.4 is 0 Å². The number of rotatable bonds is 6. The molecule has 0 amide bonds. The van der Waals surface area contributed by atoms with Crippen LogP contribution in [0.1, 0.15) is 30.5 Å². The van der Waals surface area contributed by atoms with Crippen LogP contribution in [0.3, 0.4) is 0 Å². The molecule has 4 heterocycles. The quantitative estimate of drug-likeness (QED) is 0.788. The maximum absolute atomic E-state index is 6.06. The number of nitrogens with zero attached hydrogens (tertiary/aromatic N) is 2. The van der Waals surface area contributed by atoms with Crippen molar-refractivity contribution < 1.29 is 9.47 Å². The van der Waals surface area contributed by atoms with Gasteiger partial charge in [-0.1, -0.05) is 6.07 Å². The SMILES string of the molecule is c1ccc(COC[C@@H]2CC3(CCN(Cc4ccsc4)CC3)CO2)nc1. The van der Waals surface area contributed by atoms with Crippen LogP contribution in [0.25, 0.3) is 0 Å². The first-order chi connectivity index (χ1) is 12.3. The van der Waals surface area contributed by atoms with Crippen LogP contribution in [-0.2, 0) is 22.6 Å². The molecule has 0 saturated carbocycles. The van der Waals surface area contributed by atoms with E-state index in [9.17, 15) is 0 Å². The molecule has 2 aromatic rings. The predicted molar refractivity (Wildman–Crippen MR) is 99.5 cm³/mol. The van der Waals surface area contributed by atoms with Gasteiger partial charge in [0.1, 0.15) is 0 Å². The van der Waals surface area contributed by atoms with Crippen LogP contribution in [0.15, 0.2) is 41.2 Å². The first-order valence-corrected chi connectivity index (χ1v) is 10.1. The second kappa shape index (κ2) is 7.96. The molecule has 1 spiro atoms. The summed E-state index contributed by atoms with van der Waals surface area (Å²) in [5, 5.41) is 4.43. The van der Waals surface area contributed by atoms with E-state index in [1.807, 2.05) is 24.4 Å². The Bertz CT molecular complexity index is 639. The highest BCUT2D eigenvalue weighted by Gasteiger charge is 2.42. The third-order valence-electron chi connectivity index (χ3n) is 5.47. The molecule has 4 nitrogen and oxygen atoms in total. The lowest BCUT2D eigenvalue weighted by molar-refractivity contribution is 0.00555. The smallest absolute Gasteiger partial charge is 0.0889 e. The Labute approximate surface area is 153 Å². The summed E-state index contributed by atoms with van der Waals surface area (Å²) in [5.74, 6) is 0. The van der Waals surface area contributed by atoms with Gasteiger partial charge in [0.25, 0.3) is 0 Å². The lowest BCUT2D eigenvalue weighted by Gasteiger charge is -2.38. The zero-order valence-corrected chi connectivity index (χ0v) is 15.4. The van der Waals surface area contributed by atoms with Crippen LogP contribution in [0.5, 0.6) is 0 Å². The molecule has 2 saturated heterocycles. The molecule has 0 aromatic carbocycles. The zero-order valence-electron chi connectivity index (χ0n) is 14.6. The van der Waals surface area contributed by atoms with E-state index in [4.69, 9.17) is 9.47 Å². The molecule has 2 fully saturated rings. The highest BCUT2D eigenvalue weighted by atomic mass is 32.1. The molecule has 4 rings (SSSR count). The minimum atomic E-state index is 0.243. The molecule has 0 aliphatic carbocycles. The van der Waals surface area contributed by atoms with Gasteiger partial charge in [-0.15, -0.1) is 0 Å². The number of likely N-dealkylation sites (tertiary alicyclic amines) is 1. The van der Waals surface area contributed by atoms with Gasteiger partial charge < -0.3 is 9.47 Å². The van der Waals surface area contributed by atoms with Gasteiger partial charge >= 0.3 is 0 Å². The average Bonchev–Trinajstić information content (AvgIpc) is 3.29. The summed E-state index contributed by atoms with van der Waals surface area (Å²) in [4.78, 5) is 6.88. The van der Waals surface area contributed by atoms with Gasteiger partial charge in [0.05, 0.1) is 31.6 Å². The number of hydrogen-bond acceptors (Lipinski definition) is 5. The fourth-order valence-corrected chi connectivity index (χ4v) is 4.62. The summed E-state index contributed by atoms with van der Waals surface area (Å²) in [5.41, 5.74) is 2.81. The largest absolute Gasteiger partial charge is 0.375 e. The molecule has 0 unspecified atom stereocenters. The molecule has 2 aliphatic heterocycles. The Hall–Kier alpha value is -1.27. The van der Waals surface area contributed by atoms with Crippen LogP contribution >= 0.6 is 11.3 Å². The third-order valence-corrected chi connectivity index (χ3v) is 6.20. The number of aromatic nitrogens is 1. The Morgan fingerprint density at radius 1 is 1.28 bits per heavy atom. The molecular weight excluding hydrogens is 332 g/mol. The van der Waals surface area contributed by atoms with Gasteiger partial charge in [-0.3, -0.25) is 9.88 Å². The molecule has 0 bridgehead atoms. The van der Waals surface area contributed by atoms with Crippen molar-refractivity contribution in [3.05, 3.63) is 52.5 Å². The van der Waals surface area contributed by atoms with Crippen molar-refractivity contribution in [2.45, 2.75) is 38.5 Å². The van der Waals surface area contributed by atoms with Crippen LogP contribution in [0, 0.1) is 5.41 Å². The fourth-order valence-electron chi connectivity index (χ4n) is 3.96. The topological polar surface area (TPSA) is 34.6 Å². The lowest BCUT2D eigenvalue weighted by atomic mass is 9.76. The highest BCUT2D eigenvalue weighted by molar-refractivity contribution is 7.07. The molecular formula is C20H26N2O2S. The number of ether oxygens (including phenoxy) is 2. The number of pyridine rings is 1. The third kappa shape index (κ3) is 4.47. The van der Waals surface area contributed by atoms with Gasteiger partial charge in [0, 0.05) is 12.7 Å². The average molecular weight is 359 g/mol. The minimum Gasteiger partial charge on any atom is -0.375 e. The van der Waals surface area contributed by atoms with E-state index in [0.29, 0.717) is 18.6 Å². The lowest BCUT2D eigenvalue weighted by Crippen LogP contribution is -2.40. The number of hydrogen-bond donors (Lipinski definition) is 0. The van der Waals surface area contributed by atoms with Crippen molar-refractivity contribution in [1.82, 2.24) is 9.88 Å². The van der Waals surface area contributed by atoms with Crippen molar-refractivity contribution in [3.8, 4) is 0 Å². The van der Waals surface area contributed by atoms with Crippen molar-refractivity contribution in [2.24, 2.45) is 5.41 Å². The first kappa shape index (κ1) is 17.2. The van der Waals surface area contributed by atoms with E-state index in [-0.39, 0.29) is 6.10 Å². The van der Waals surface area contributed by atoms with E-state index in [1.165, 1.54) is 31.5 Å². The Morgan fingerprint density at radius 3 is 2.96 bits per heavy atom. The number of piperidine rings is 1. The minimum absolute atomic E-state index is 0.243. The van der Waals surface area contributed by atoms with E-state index < -0.39 is 0 Å². The van der Waals surface area contributed by atoms with Gasteiger partial charge in [-0.25, -0.2) is 0 Å². The zero-order chi connectivity index (χ0) is 17.0. The normalized spacial score (nSPS) is 23.3. The monoisotopic (exact) mass is 358 g/mol. The van der Waals surface area contributed by atoms with Crippen LogP contribution in [0.2, 0.25) is 0 Å². The summed E-state index contributed by atoms with van der Waals surface area (Å²) < 4.78 is 11.9. The first-order valence-electron chi connectivity index (χ1n) is 9.14. The van der Waals surface area contributed by atoms with Crippen LogP contribution in [-0.4, -0.2) is 42.3 Å². The Morgan fingerprint density at radius 2 is 2.20 bits per heavy atom. The Kier molecular flexibility index (Phi) is 5.46. The van der Waals surface area contributed by atoms with E-state index in [0.717, 1.165) is 25.3 Å². The standard InChI is InChI=1S/C20H26N2O2S/c1-2-7-21-18(3-1)13-23-14-19-11-20(16-24-19)5-8-22(9-6-20)12-17-4-10-25-15-17/h1-4,7,10,15,19H,5-6,8-9,11-14,16H2/t19-/m0/s1. The van der Waals surface area contributed by atoms with E-state index >= 15 is 0 Å². The summed E-state index contributed by atoms with van der Waals surface area (Å²) in [7, 11) is 0. The molecule has 2 aromatic heterocycles. The molecule has 5 heteroatoms. The number of thiophene rings is 1. The fraction of sp³-hybridized carbons (Fsp3) is 0.550. The van der Waals surface area contributed by atoms with Crippen molar-refractivity contribution in [2.75, 3.05) is 26.3 Å². The molecule has 25 heavy (non-hydrogen) atoms. The van der Waals surface area contributed by atoms with Gasteiger partial charge in [0.2, 0.25) is 0 Å². The van der Waals surface area contributed by atoms with Crippen molar-refractivity contribution in [1.29, 1.82) is 0 Å². The molecule has 2 aliphatic rings. The summed E-state index contributed by atoms with van der Waals surface area (Å²) in [6, 6.07) is 8.16. The summed E-state index contributed by atoms with van der Waals surface area (Å²) >= 11 is 1.79. The molecule has 0 radical (unpaired) electrons. The van der Waals surface area contributed by atoms with E-state index in [1.54, 1.807) is 11.3 Å².